The molecule has 0 amide bonds. The van der Waals surface area contributed by atoms with Gasteiger partial charge in [-0.05, 0) is 44.5 Å². The lowest BCUT2D eigenvalue weighted by Crippen LogP contribution is -2.40. The Morgan fingerprint density at radius 1 is 1.30 bits per heavy atom. The van der Waals surface area contributed by atoms with Crippen LogP contribution in [-0.2, 0) is 9.53 Å². The van der Waals surface area contributed by atoms with Gasteiger partial charge in [0, 0.05) is 16.7 Å². The number of aromatic hydroxyl groups is 1. The van der Waals surface area contributed by atoms with Gasteiger partial charge in [-0.15, -0.1) is 0 Å². The molecule has 37 heavy (non-hydrogen) atoms. The maximum Gasteiger partial charge on any atom is 0.338 e. The van der Waals surface area contributed by atoms with Crippen molar-refractivity contribution >= 4 is 40.7 Å². The molecule has 0 saturated carbocycles. The van der Waals surface area contributed by atoms with Crippen LogP contribution < -0.4 is 19.6 Å². The van der Waals surface area contributed by atoms with Crippen LogP contribution in [0.25, 0.3) is 6.08 Å². The molecule has 0 saturated heterocycles. The number of nitrogens with zero attached hydrogens (tertiary/aromatic N) is 3. The Morgan fingerprint density at radius 2 is 1.97 bits per heavy atom. The van der Waals surface area contributed by atoms with E-state index in [0.717, 1.165) is 23.5 Å². The summed E-state index contributed by atoms with van der Waals surface area (Å²) in [7, 11) is 1.27. The largest absolute Gasteiger partial charge is 0.504 e. The van der Waals surface area contributed by atoms with E-state index >= 15 is 0 Å². The second-order valence-corrected chi connectivity index (χ2v) is 9.88. The third-order valence-corrected chi connectivity index (χ3v) is 6.81. The average molecular weight is 544 g/mol. The van der Waals surface area contributed by atoms with Gasteiger partial charge in [-0.2, -0.15) is 0 Å². The highest BCUT2D eigenvalue weighted by Crippen LogP contribution is 2.35. The first-order chi connectivity index (χ1) is 17.5. The zero-order chi connectivity index (χ0) is 27.0. The van der Waals surface area contributed by atoms with Crippen molar-refractivity contribution in [1.29, 1.82) is 0 Å². The summed E-state index contributed by atoms with van der Waals surface area (Å²) in [6, 6.07) is 8.11. The van der Waals surface area contributed by atoms with Crippen molar-refractivity contribution in [3.63, 3.8) is 0 Å². The van der Waals surface area contributed by atoms with Crippen LogP contribution in [0.2, 0.25) is 5.02 Å². The van der Waals surface area contributed by atoms with Gasteiger partial charge in [0.1, 0.15) is 0 Å². The minimum absolute atomic E-state index is 0.0227. The van der Waals surface area contributed by atoms with Crippen LogP contribution in [0.3, 0.4) is 0 Å². The maximum absolute atomic E-state index is 13.7. The summed E-state index contributed by atoms with van der Waals surface area (Å²) in [6.07, 6.45) is 0.939. The maximum atomic E-state index is 13.7. The number of carbonyl (C=O) groups excluding carboxylic acids is 1. The second kappa shape index (κ2) is 10.2. The van der Waals surface area contributed by atoms with E-state index in [2.05, 4.69) is 4.99 Å². The van der Waals surface area contributed by atoms with Crippen molar-refractivity contribution in [2.45, 2.75) is 32.9 Å². The smallest absolute Gasteiger partial charge is 0.338 e. The number of thiazole rings is 1. The molecule has 1 aliphatic heterocycles. The van der Waals surface area contributed by atoms with E-state index in [1.54, 1.807) is 45.0 Å². The molecule has 0 aliphatic carbocycles. The number of rotatable bonds is 6. The topological polar surface area (TPSA) is 133 Å². The van der Waals surface area contributed by atoms with Crippen LogP contribution in [0.4, 0.5) is 5.69 Å². The molecule has 0 spiro atoms. The number of fused-ring (bicyclic) bond motifs is 1. The molecule has 0 fully saturated rings. The number of ether oxygens (including phenoxy) is 2. The fourth-order valence-corrected chi connectivity index (χ4v) is 5.11. The Hall–Kier alpha value is -3.96. The fraction of sp³-hybridized carbons (Fsp3) is 0.240. The van der Waals surface area contributed by atoms with Crippen molar-refractivity contribution in [2.75, 3.05) is 7.11 Å². The Labute approximate surface area is 219 Å². The Morgan fingerprint density at radius 3 is 2.57 bits per heavy atom. The highest BCUT2D eigenvalue weighted by molar-refractivity contribution is 7.07. The third-order valence-electron chi connectivity index (χ3n) is 5.58. The van der Waals surface area contributed by atoms with E-state index in [4.69, 9.17) is 21.1 Å². The van der Waals surface area contributed by atoms with Gasteiger partial charge in [0.25, 0.3) is 11.2 Å². The predicted octanol–water partition coefficient (Wildman–Crippen LogP) is 3.46. The monoisotopic (exact) mass is 543 g/mol. The lowest BCUT2D eigenvalue weighted by Gasteiger charge is -2.25. The molecule has 1 aliphatic rings. The summed E-state index contributed by atoms with van der Waals surface area (Å²) in [4.78, 5) is 42.3. The van der Waals surface area contributed by atoms with Gasteiger partial charge in [-0.1, -0.05) is 35.1 Å². The van der Waals surface area contributed by atoms with Gasteiger partial charge in [-0.3, -0.25) is 19.5 Å². The zero-order valence-corrected chi connectivity index (χ0v) is 21.8. The third kappa shape index (κ3) is 5.00. The first-order valence-corrected chi connectivity index (χ1v) is 12.3. The van der Waals surface area contributed by atoms with Gasteiger partial charge in [0.2, 0.25) is 0 Å². The molecule has 0 bridgehead atoms. The molecule has 1 aromatic heterocycles. The van der Waals surface area contributed by atoms with Crippen molar-refractivity contribution in [3.05, 3.63) is 93.6 Å². The van der Waals surface area contributed by atoms with E-state index in [1.165, 1.54) is 17.8 Å². The molecule has 4 rings (SSSR count). The molecule has 10 nitrogen and oxygen atoms in total. The number of nitro groups is 1. The van der Waals surface area contributed by atoms with Crippen LogP contribution in [0.1, 0.15) is 37.9 Å². The summed E-state index contributed by atoms with van der Waals surface area (Å²) in [5, 5.41) is 22.4. The summed E-state index contributed by atoms with van der Waals surface area (Å²) in [6.45, 7) is 5.11. The van der Waals surface area contributed by atoms with E-state index in [0.29, 0.717) is 21.1 Å². The highest BCUT2D eigenvalue weighted by Gasteiger charge is 2.33. The van der Waals surface area contributed by atoms with E-state index in [9.17, 15) is 24.8 Å². The molecule has 1 unspecified atom stereocenters. The number of carbonyl (C=O) groups is 1. The van der Waals surface area contributed by atoms with Crippen molar-refractivity contribution < 1.29 is 24.3 Å². The number of nitro benzene ring substituents is 1. The number of methoxy groups -OCH3 is 1. The summed E-state index contributed by atoms with van der Waals surface area (Å²) < 4.78 is 12.0. The van der Waals surface area contributed by atoms with E-state index in [-0.39, 0.29) is 32.9 Å². The second-order valence-electron chi connectivity index (χ2n) is 8.43. The van der Waals surface area contributed by atoms with Crippen LogP contribution in [0.5, 0.6) is 11.5 Å². The molecule has 2 heterocycles. The summed E-state index contributed by atoms with van der Waals surface area (Å²) in [5.41, 5.74) is 0.405. The van der Waals surface area contributed by atoms with Gasteiger partial charge in [0.05, 0.1) is 46.0 Å². The Kier molecular flexibility index (Phi) is 7.19. The number of allylic oxidation sites excluding steroid dienone is 1. The number of phenols is 1. The molecule has 3 aromatic rings. The number of esters is 1. The predicted molar refractivity (Wildman–Crippen MR) is 138 cm³/mol. The SMILES string of the molecule is COc1cc([N+](=O)[O-])cc(/C=c2/sc3n(c2=O)C(c2ccc(Cl)cc2)C(C(=O)OC(C)C)=C(C)N=3)c1O. The first kappa shape index (κ1) is 26.1. The number of non-ortho nitro benzene ring substituents is 1. The molecule has 2 aromatic carbocycles. The van der Waals surface area contributed by atoms with Gasteiger partial charge >= 0.3 is 5.97 Å². The average Bonchev–Trinajstić information content (AvgIpc) is 3.13. The molecule has 1 atom stereocenters. The van der Waals surface area contributed by atoms with E-state index in [1.807, 2.05) is 0 Å². The van der Waals surface area contributed by atoms with Crippen molar-refractivity contribution in [2.24, 2.45) is 4.99 Å². The van der Waals surface area contributed by atoms with Gasteiger partial charge < -0.3 is 14.6 Å². The minimum Gasteiger partial charge on any atom is -0.504 e. The lowest BCUT2D eigenvalue weighted by molar-refractivity contribution is -0.385. The molecule has 0 radical (unpaired) electrons. The van der Waals surface area contributed by atoms with Gasteiger partial charge in [0.15, 0.2) is 16.3 Å². The van der Waals surface area contributed by atoms with Gasteiger partial charge in [-0.25, -0.2) is 9.79 Å². The molecular formula is C25H22ClN3O7S. The van der Waals surface area contributed by atoms with Crippen LogP contribution in [0, 0.1) is 10.1 Å². The number of phenolic OH excluding ortho intramolecular Hbond substituents is 1. The molecular weight excluding hydrogens is 522 g/mol. The normalized spacial score (nSPS) is 15.4. The summed E-state index contributed by atoms with van der Waals surface area (Å²) >= 11 is 7.09. The quantitative estimate of drug-likeness (QED) is 0.286. The summed E-state index contributed by atoms with van der Waals surface area (Å²) in [5.74, 6) is -1.07. The molecule has 1 N–H and O–H groups in total. The molecule has 192 valence electrons. The van der Waals surface area contributed by atoms with Crippen LogP contribution >= 0.6 is 22.9 Å². The van der Waals surface area contributed by atoms with Crippen LogP contribution in [0.15, 0.2) is 57.5 Å². The number of hydrogen-bond donors (Lipinski definition) is 1. The zero-order valence-electron chi connectivity index (χ0n) is 20.2. The minimum atomic E-state index is -0.852. The lowest BCUT2D eigenvalue weighted by atomic mass is 9.96. The Bertz CT molecular complexity index is 1620. The number of hydrogen-bond acceptors (Lipinski definition) is 9. The van der Waals surface area contributed by atoms with Crippen molar-refractivity contribution in [1.82, 2.24) is 4.57 Å². The first-order valence-electron chi connectivity index (χ1n) is 11.1. The van der Waals surface area contributed by atoms with Crippen LogP contribution in [-0.4, -0.2) is 33.8 Å². The number of aromatic nitrogens is 1. The number of benzene rings is 2. The standard InChI is InChI=1S/C25H22ClN3O7S/c1-12(2)36-24(32)20-13(3)27-25-28(21(20)14-5-7-16(26)8-6-14)23(31)19(37-25)10-15-9-17(29(33)34)11-18(35-4)22(15)30/h5-12,21,30H,1-4H3/b19-10+. The fourth-order valence-electron chi connectivity index (χ4n) is 3.95. The Balaban J connectivity index is 1.98. The van der Waals surface area contributed by atoms with E-state index < -0.39 is 28.6 Å². The number of halogens is 1. The van der Waals surface area contributed by atoms with Crippen molar-refractivity contribution in [3.8, 4) is 11.5 Å². The molecule has 12 heteroatoms. The highest BCUT2D eigenvalue weighted by atomic mass is 35.5.